The lowest BCUT2D eigenvalue weighted by atomic mass is 10.2. The molecule has 0 saturated heterocycles. The van der Waals surface area contributed by atoms with Crippen LogP contribution in [0.25, 0.3) is 0 Å². The molecule has 0 radical (unpaired) electrons. The maximum absolute atomic E-state index is 12.4. The first-order chi connectivity index (χ1) is 10.4. The van der Waals surface area contributed by atoms with Gasteiger partial charge in [-0.3, -0.25) is 0 Å². The Morgan fingerprint density at radius 3 is 2.45 bits per heavy atom. The van der Waals surface area contributed by atoms with Crippen LogP contribution in [0.3, 0.4) is 0 Å². The molecule has 2 heterocycles. The molecule has 3 rings (SSSR count). The molecule has 1 fully saturated rings. The van der Waals surface area contributed by atoms with Gasteiger partial charge in [0.15, 0.2) is 21.5 Å². The minimum atomic E-state index is -3.55. The smallest absolute Gasteiger partial charge is 0.244 e. The summed E-state index contributed by atoms with van der Waals surface area (Å²) in [5.41, 5.74) is 0. The van der Waals surface area contributed by atoms with E-state index in [0.29, 0.717) is 17.6 Å². The standard InChI is InChI=1S/C13H18N4O4S/c1-7(2)11-15-12(20-17-11)8(3)22(18,19)6-10-14-13(21-16-10)9-4-5-9/h7-9H,4-6H2,1-3H3. The lowest BCUT2D eigenvalue weighted by molar-refractivity contribution is 0.368. The highest BCUT2D eigenvalue weighted by atomic mass is 32.2. The summed E-state index contributed by atoms with van der Waals surface area (Å²) in [6, 6.07) is 0. The first-order valence-corrected chi connectivity index (χ1v) is 8.96. The van der Waals surface area contributed by atoms with E-state index >= 15 is 0 Å². The highest BCUT2D eigenvalue weighted by molar-refractivity contribution is 7.90. The molecule has 0 N–H and O–H groups in total. The molecule has 1 unspecified atom stereocenters. The summed E-state index contributed by atoms with van der Waals surface area (Å²) in [5, 5.41) is 6.63. The van der Waals surface area contributed by atoms with Gasteiger partial charge in [0.2, 0.25) is 11.8 Å². The summed E-state index contributed by atoms with van der Waals surface area (Å²) in [4.78, 5) is 8.28. The van der Waals surface area contributed by atoms with Gasteiger partial charge in [-0.2, -0.15) is 9.97 Å². The Morgan fingerprint density at radius 1 is 1.14 bits per heavy atom. The number of sulfone groups is 1. The maximum Gasteiger partial charge on any atom is 0.244 e. The van der Waals surface area contributed by atoms with Gasteiger partial charge in [0.05, 0.1) is 0 Å². The predicted molar refractivity (Wildman–Crippen MR) is 75.7 cm³/mol. The summed E-state index contributed by atoms with van der Waals surface area (Å²) in [5.74, 6) is 1.36. The Morgan fingerprint density at radius 2 is 1.86 bits per heavy atom. The van der Waals surface area contributed by atoms with Gasteiger partial charge in [-0.05, 0) is 19.8 Å². The average Bonchev–Trinajstić information content (AvgIpc) is 3.00. The van der Waals surface area contributed by atoms with Crippen molar-refractivity contribution in [3.05, 3.63) is 23.4 Å². The van der Waals surface area contributed by atoms with Crippen LogP contribution in [0.5, 0.6) is 0 Å². The Kier molecular flexibility index (Phi) is 3.75. The fourth-order valence-electron chi connectivity index (χ4n) is 1.93. The maximum atomic E-state index is 12.4. The van der Waals surface area contributed by atoms with E-state index in [1.165, 1.54) is 6.92 Å². The van der Waals surface area contributed by atoms with Crippen molar-refractivity contribution < 1.29 is 17.5 Å². The monoisotopic (exact) mass is 326 g/mol. The molecule has 0 aliphatic heterocycles. The van der Waals surface area contributed by atoms with Gasteiger partial charge in [0.1, 0.15) is 11.0 Å². The molecule has 0 spiro atoms. The van der Waals surface area contributed by atoms with E-state index in [-0.39, 0.29) is 23.4 Å². The van der Waals surface area contributed by atoms with Crippen LogP contribution in [0.15, 0.2) is 9.05 Å². The molecule has 22 heavy (non-hydrogen) atoms. The molecule has 1 aliphatic carbocycles. The molecular formula is C13H18N4O4S. The zero-order valence-corrected chi connectivity index (χ0v) is 13.5. The Bertz CT molecular complexity index is 761. The summed E-state index contributed by atoms with van der Waals surface area (Å²) in [7, 11) is -3.55. The third kappa shape index (κ3) is 3.03. The number of nitrogens with zero attached hydrogens (tertiary/aromatic N) is 4. The fourth-order valence-corrected chi connectivity index (χ4v) is 3.06. The van der Waals surface area contributed by atoms with Gasteiger partial charge in [0.25, 0.3) is 0 Å². The lowest BCUT2D eigenvalue weighted by Crippen LogP contribution is -2.14. The third-order valence-electron chi connectivity index (χ3n) is 3.60. The van der Waals surface area contributed by atoms with Gasteiger partial charge in [-0.1, -0.05) is 24.2 Å². The SMILES string of the molecule is CC(C)c1noc(C(C)S(=O)(=O)Cc2noc(C3CC3)n2)n1. The number of aromatic nitrogens is 4. The van der Waals surface area contributed by atoms with E-state index in [1.807, 2.05) is 13.8 Å². The van der Waals surface area contributed by atoms with Crippen molar-refractivity contribution in [3.63, 3.8) is 0 Å². The van der Waals surface area contributed by atoms with Crippen LogP contribution in [0.2, 0.25) is 0 Å². The number of rotatable bonds is 6. The minimum Gasteiger partial charge on any atom is -0.339 e. The van der Waals surface area contributed by atoms with Crippen molar-refractivity contribution in [1.82, 2.24) is 20.3 Å². The second-order valence-electron chi connectivity index (χ2n) is 5.92. The average molecular weight is 326 g/mol. The van der Waals surface area contributed by atoms with Gasteiger partial charge in [-0.15, -0.1) is 0 Å². The molecule has 1 atom stereocenters. The van der Waals surface area contributed by atoms with Crippen molar-refractivity contribution in [2.75, 3.05) is 0 Å². The number of hydrogen-bond acceptors (Lipinski definition) is 8. The Hall–Kier alpha value is -1.77. The Labute approximate surface area is 128 Å². The predicted octanol–water partition coefficient (Wildman–Crippen LogP) is 2.13. The van der Waals surface area contributed by atoms with Crippen LogP contribution in [0.1, 0.15) is 74.1 Å². The van der Waals surface area contributed by atoms with E-state index in [0.717, 1.165) is 12.8 Å². The van der Waals surface area contributed by atoms with Gasteiger partial charge < -0.3 is 9.05 Å². The van der Waals surface area contributed by atoms with Gasteiger partial charge >= 0.3 is 0 Å². The van der Waals surface area contributed by atoms with Crippen molar-refractivity contribution in [2.24, 2.45) is 0 Å². The second kappa shape index (κ2) is 5.45. The topological polar surface area (TPSA) is 112 Å². The molecule has 2 aromatic rings. The first kappa shape index (κ1) is 15.1. The van der Waals surface area contributed by atoms with E-state index < -0.39 is 15.1 Å². The van der Waals surface area contributed by atoms with Gasteiger partial charge in [-0.25, -0.2) is 8.42 Å². The molecule has 0 aromatic carbocycles. The molecular weight excluding hydrogens is 308 g/mol. The van der Waals surface area contributed by atoms with E-state index in [1.54, 1.807) is 0 Å². The minimum absolute atomic E-state index is 0.0747. The molecule has 0 bridgehead atoms. The molecule has 0 amide bonds. The third-order valence-corrected chi connectivity index (χ3v) is 5.54. The highest BCUT2D eigenvalue weighted by Gasteiger charge is 2.33. The van der Waals surface area contributed by atoms with Crippen LogP contribution in [0, 0.1) is 0 Å². The van der Waals surface area contributed by atoms with Crippen LogP contribution >= 0.6 is 0 Å². The summed E-state index contributed by atoms with van der Waals surface area (Å²) < 4.78 is 35.0. The zero-order chi connectivity index (χ0) is 15.9. The molecule has 120 valence electrons. The zero-order valence-electron chi connectivity index (χ0n) is 12.7. The molecule has 8 nitrogen and oxygen atoms in total. The van der Waals surface area contributed by atoms with E-state index in [4.69, 9.17) is 9.05 Å². The summed E-state index contributed by atoms with van der Waals surface area (Å²) in [6.45, 7) is 5.34. The van der Waals surface area contributed by atoms with Crippen LogP contribution in [-0.4, -0.2) is 28.7 Å². The Balaban J connectivity index is 1.75. The van der Waals surface area contributed by atoms with E-state index in [2.05, 4.69) is 20.3 Å². The fraction of sp³-hybridized carbons (Fsp3) is 0.692. The second-order valence-corrected chi connectivity index (χ2v) is 8.24. The molecule has 9 heteroatoms. The normalized spacial score (nSPS) is 17.1. The molecule has 1 aliphatic rings. The van der Waals surface area contributed by atoms with E-state index in [9.17, 15) is 8.42 Å². The largest absolute Gasteiger partial charge is 0.339 e. The highest BCUT2D eigenvalue weighted by Crippen LogP contribution is 2.39. The molecule has 2 aromatic heterocycles. The van der Waals surface area contributed by atoms with Crippen molar-refractivity contribution >= 4 is 9.84 Å². The summed E-state index contributed by atoms with van der Waals surface area (Å²) >= 11 is 0. The van der Waals surface area contributed by atoms with Crippen LogP contribution < -0.4 is 0 Å². The molecule has 1 saturated carbocycles. The number of hydrogen-bond donors (Lipinski definition) is 0. The van der Waals surface area contributed by atoms with Crippen molar-refractivity contribution in [1.29, 1.82) is 0 Å². The van der Waals surface area contributed by atoms with Crippen molar-refractivity contribution in [3.8, 4) is 0 Å². The quantitative estimate of drug-likeness (QED) is 0.793. The van der Waals surface area contributed by atoms with Gasteiger partial charge in [0, 0.05) is 11.8 Å². The summed E-state index contributed by atoms with van der Waals surface area (Å²) in [6.07, 6.45) is 2.04. The van der Waals surface area contributed by atoms with Crippen LogP contribution in [-0.2, 0) is 15.6 Å². The van der Waals surface area contributed by atoms with Crippen molar-refractivity contribution in [2.45, 2.75) is 56.5 Å². The first-order valence-electron chi connectivity index (χ1n) is 7.24. The lowest BCUT2D eigenvalue weighted by Gasteiger charge is -2.06. The van der Waals surface area contributed by atoms with Crippen LogP contribution in [0.4, 0.5) is 0 Å².